The quantitative estimate of drug-likeness (QED) is 0.716. The van der Waals surface area contributed by atoms with Crippen molar-refractivity contribution in [2.45, 2.75) is 38.3 Å². The molecule has 1 unspecified atom stereocenters. The third-order valence-corrected chi connectivity index (χ3v) is 5.02. The lowest BCUT2D eigenvalue weighted by Gasteiger charge is -2.22. The highest BCUT2D eigenvalue weighted by atomic mass is 16.5. The number of hydrogen-bond donors (Lipinski definition) is 2. The summed E-state index contributed by atoms with van der Waals surface area (Å²) in [6.07, 6.45) is 7.43. The predicted molar refractivity (Wildman–Crippen MR) is 99.9 cm³/mol. The first-order valence-electron chi connectivity index (χ1n) is 9.14. The van der Waals surface area contributed by atoms with E-state index in [0.29, 0.717) is 13.0 Å². The number of carbonyl (C=O) groups excluding carboxylic acids is 1. The van der Waals surface area contributed by atoms with Gasteiger partial charge in [-0.3, -0.25) is 9.48 Å². The number of carbonyl (C=O) groups is 1. The van der Waals surface area contributed by atoms with E-state index in [0.717, 1.165) is 48.0 Å². The molecule has 0 fully saturated rings. The molecule has 136 valence electrons. The number of aromatic amines is 1. The van der Waals surface area contributed by atoms with Gasteiger partial charge in [-0.25, -0.2) is 0 Å². The maximum atomic E-state index is 12.6. The Kier molecular flexibility index (Phi) is 4.75. The van der Waals surface area contributed by atoms with Crippen molar-refractivity contribution in [3.63, 3.8) is 0 Å². The summed E-state index contributed by atoms with van der Waals surface area (Å²) in [7, 11) is 1.69. The molecule has 2 heterocycles. The van der Waals surface area contributed by atoms with Crippen LogP contribution in [0.1, 0.15) is 35.7 Å². The van der Waals surface area contributed by atoms with Gasteiger partial charge in [-0.05, 0) is 36.5 Å². The van der Waals surface area contributed by atoms with Crippen LogP contribution in [0.15, 0.2) is 36.7 Å². The first-order chi connectivity index (χ1) is 12.7. The Balaban J connectivity index is 1.46. The molecule has 1 aromatic carbocycles. The molecule has 0 aliphatic heterocycles. The van der Waals surface area contributed by atoms with Gasteiger partial charge in [-0.2, -0.15) is 5.10 Å². The van der Waals surface area contributed by atoms with Crippen LogP contribution in [0.3, 0.4) is 0 Å². The normalized spacial score (nSPS) is 16.6. The van der Waals surface area contributed by atoms with Gasteiger partial charge < -0.3 is 15.0 Å². The Morgan fingerprint density at radius 3 is 3.19 bits per heavy atom. The van der Waals surface area contributed by atoms with Crippen molar-refractivity contribution in [3.05, 3.63) is 53.5 Å². The van der Waals surface area contributed by atoms with Crippen molar-refractivity contribution < 1.29 is 9.53 Å². The molecule has 6 heteroatoms. The Labute approximate surface area is 152 Å². The zero-order valence-electron chi connectivity index (χ0n) is 15.0. The summed E-state index contributed by atoms with van der Waals surface area (Å²) in [6, 6.07) is 8.06. The molecule has 4 rings (SSSR count). The van der Waals surface area contributed by atoms with Crippen LogP contribution in [0.25, 0.3) is 10.9 Å². The number of aryl methyl sites for hydroxylation is 1. The van der Waals surface area contributed by atoms with Gasteiger partial charge in [0.05, 0.1) is 31.3 Å². The number of aromatic nitrogens is 3. The van der Waals surface area contributed by atoms with E-state index in [1.54, 1.807) is 7.11 Å². The topological polar surface area (TPSA) is 71.9 Å². The Morgan fingerprint density at radius 2 is 2.31 bits per heavy atom. The van der Waals surface area contributed by atoms with Crippen LogP contribution in [0.2, 0.25) is 0 Å². The van der Waals surface area contributed by atoms with Crippen LogP contribution in [0.4, 0.5) is 0 Å². The first-order valence-corrected chi connectivity index (χ1v) is 9.14. The van der Waals surface area contributed by atoms with E-state index >= 15 is 0 Å². The van der Waals surface area contributed by atoms with Gasteiger partial charge in [0.2, 0.25) is 5.91 Å². The molecule has 0 spiro atoms. The number of hydrogen-bond acceptors (Lipinski definition) is 3. The molecule has 1 aliphatic rings. The van der Waals surface area contributed by atoms with Crippen LogP contribution in [-0.4, -0.2) is 34.4 Å². The molecule has 0 saturated heterocycles. The van der Waals surface area contributed by atoms with Crippen LogP contribution in [0.5, 0.6) is 0 Å². The average Bonchev–Trinajstić information content (AvgIpc) is 3.25. The van der Waals surface area contributed by atoms with Gasteiger partial charge in [0.15, 0.2) is 0 Å². The highest BCUT2D eigenvalue weighted by Crippen LogP contribution is 2.28. The fraction of sp³-hybridized carbons (Fsp3) is 0.400. The van der Waals surface area contributed by atoms with E-state index in [1.807, 2.05) is 35.1 Å². The largest absolute Gasteiger partial charge is 0.383 e. The summed E-state index contributed by atoms with van der Waals surface area (Å²) < 4.78 is 7.06. The highest BCUT2D eigenvalue weighted by Gasteiger charge is 2.25. The maximum absolute atomic E-state index is 12.6. The van der Waals surface area contributed by atoms with E-state index in [-0.39, 0.29) is 11.9 Å². The molecule has 2 aromatic heterocycles. The fourth-order valence-electron chi connectivity index (χ4n) is 3.73. The molecule has 0 radical (unpaired) electrons. The lowest BCUT2D eigenvalue weighted by atomic mass is 9.93. The average molecular weight is 352 g/mol. The lowest BCUT2D eigenvalue weighted by Crippen LogP contribution is -2.32. The zero-order valence-corrected chi connectivity index (χ0v) is 15.0. The molecular formula is C20H24N4O2. The van der Waals surface area contributed by atoms with E-state index in [4.69, 9.17) is 4.74 Å². The van der Waals surface area contributed by atoms with Crippen LogP contribution in [0, 0.1) is 0 Å². The molecular weight excluding hydrogens is 328 g/mol. The van der Waals surface area contributed by atoms with E-state index in [9.17, 15) is 4.79 Å². The standard InChI is InChI=1S/C20H24N4O2/c1-26-10-9-24-13-14-5-4-8-18(20(14)23-24)22-19(25)11-15-12-21-17-7-3-2-6-16(15)17/h2-3,6-7,12-13,18,21H,4-5,8-11H2,1H3,(H,22,25). The molecule has 0 saturated carbocycles. The molecule has 1 aliphatic carbocycles. The number of amides is 1. The molecule has 3 aromatic rings. The van der Waals surface area contributed by atoms with Crippen molar-refractivity contribution in [2.75, 3.05) is 13.7 Å². The molecule has 1 amide bonds. The van der Waals surface area contributed by atoms with Gasteiger partial charge in [0.25, 0.3) is 0 Å². The number of H-pyrrole nitrogens is 1. The Morgan fingerprint density at radius 1 is 1.42 bits per heavy atom. The second kappa shape index (κ2) is 7.33. The third kappa shape index (κ3) is 3.37. The van der Waals surface area contributed by atoms with E-state index in [1.165, 1.54) is 5.56 Å². The van der Waals surface area contributed by atoms with E-state index < -0.39 is 0 Å². The number of nitrogens with one attached hydrogen (secondary N) is 2. The second-order valence-electron chi connectivity index (χ2n) is 6.84. The molecule has 26 heavy (non-hydrogen) atoms. The molecule has 1 atom stereocenters. The Hall–Kier alpha value is -2.60. The van der Waals surface area contributed by atoms with Gasteiger partial charge in [-0.1, -0.05) is 18.2 Å². The van der Waals surface area contributed by atoms with Gasteiger partial charge >= 0.3 is 0 Å². The number of para-hydroxylation sites is 1. The van der Waals surface area contributed by atoms with Gasteiger partial charge in [0, 0.05) is 30.4 Å². The second-order valence-corrected chi connectivity index (χ2v) is 6.84. The van der Waals surface area contributed by atoms with Crippen LogP contribution in [-0.2, 0) is 28.9 Å². The summed E-state index contributed by atoms with van der Waals surface area (Å²) in [5.41, 5.74) is 4.34. The molecule has 6 nitrogen and oxygen atoms in total. The summed E-state index contributed by atoms with van der Waals surface area (Å²) in [5.74, 6) is 0.0408. The highest BCUT2D eigenvalue weighted by molar-refractivity contribution is 5.89. The minimum absolute atomic E-state index is 0.000232. The van der Waals surface area contributed by atoms with E-state index in [2.05, 4.69) is 21.6 Å². The molecule has 0 bridgehead atoms. The summed E-state index contributed by atoms with van der Waals surface area (Å²) in [4.78, 5) is 15.9. The number of rotatable bonds is 6. The van der Waals surface area contributed by atoms with Gasteiger partial charge in [0.1, 0.15) is 0 Å². The summed E-state index contributed by atoms with van der Waals surface area (Å²) >= 11 is 0. The Bertz CT molecular complexity index is 912. The minimum Gasteiger partial charge on any atom is -0.383 e. The van der Waals surface area contributed by atoms with Crippen molar-refractivity contribution in [3.8, 4) is 0 Å². The summed E-state index contributed by atoms with van der Waals surface area (Å²) in [5, 5.41) is 8.98. The van der Waals surface area contributed by atoms with Crippen molar-refractivity contribution in [1.29, 1.82) is 0 Å². The maximum Gasteiger partial charge on any atom is 0.225 e. The third-order valence-electron chi connectivity index (χ3n) is 5.02. The van der Waals surface area contributed by atoms with Crippen molar-refractivity contribution in [1.82, 2.24) is 20.1 Å². The SMILES string of the molecule is COCCn1cc2c(n1)C(NC(=O)Cc1c[nH]c3ccccc13)CCC2. The smallest absolute Gasteiger partial charge is 0.225 e. The summed E-state index contributed by atoms with van der Waals surface area (Å²) in [6.45, 7) is 1.37. The van der Waals surface area contributed by atoms with Crippen molar-refractivity contribution >= 4 is 16.8 Å². The first kappa shape index (κ1) is 16.8. The number of fused-ring (bicyclic) bond motifs is 2. The number of ether oxygens (including phenoxy) is 1. The van der Waals surface area contributed by atoms with Crippen molar-refractivity contribution in [2.24, 2.45) is 0 Å². The lowest BCUT2D eigenvalue weighted by molar-refractivity contribution is -0.121. The predicted octanol–water partition coefficient (Wildman–Crippen LogP) is 2.75. The number of methoxy groups -OCH3 is 1. The minimum atomic E-state index is 0.000232. The van der Waals surface area contributed by atoms with Crippen LogP contribution >= 0.6 is 0 Å². The zero-order chi connectivity index (χ0) is 17.9. The number of nitrogens with zero attached hydrogens (tertiary/aromatic N) is 2. The molecule has 2 N–H and O–H groups in total. The number of benzene rings is 1. The monoisotopic (exact) mass is 352 g/mol. The van der Waals surface area contributed by atoms with Gasteiger partial charge in [-0.15, -0.1) is 0 Å². The van der Waals surface area contributed by atoms with Crippen LogP contribution < -0.4 is 5.32 Å². The fourth-order valence-corrected chi connectivity index (χ4v) is 3.73.